The quantitative estimate of drug-likeness (QED) is 0.250. The van der Waals surface area contributed by atoms with Gasteiger partial charge in [0.25, 0.3) is 5.69 Å². The van der Waals surface area contributed by atoms with E-state index in [9.17, 15) is 14.9 Å². The number of nitro groups is 1. The van der Waals surface area contributed by atoms with Crippen LogP contribution in [0.5, 0.6) is 0 Å². The summed E-state index contributed by atoms with van der Waals surface area (Å²) in [7, 11) is 0. The van der Waals surface area contributed by atoms with Gasteiger partial charge in [0, 0.05) is 15.2 Å². The first-order valence-corrected chi connectivity index (χ1v) is 7.64. The number of halogens is 1. The lowest BCUT2D eigenvalue weighted by Crippen LogP contribution is -2.05. The molecule has 3 rings (SSSR count). The Kier molecular flexibility index (Phi) is 4.20. The third-order valence-electron chi connectivity index (χ3n) is 3.12. The molecule has 0 amide bonds. The van der Waals surface area contributed by atoms with Crippen LogP contribution >= 0.6 is 22.6 Å². The number of hydrogen-bond acceptors (Lipinski definition) is 5. The number of aliphatic imine (C=N–C) groups is 1. The minimum atomic E-state index is -0.628. The summed E-state index contributed by atoms with van der Waals surface area (Å²) in [6.07, 6.45) is 1.36. The van der Waals surface area contributed by atoms with Crippen molar-refractivity contribution in [2.24, 2.45) is 4.99 Å². The molecular formula is C16H9IN2O4. The third-order valence-corrected chi connectivity index (χ3v) is 3.79. The first-order chi connectivity index (χ1) is 11.0. The van der Waals surface area contributed by atoms with E-state index in [1.165, 1.54) is 12.1 Å². The van der Waals surface area contributed by atoms with Crippen LogP contribution in [0.3, 0.4) is 0 Å². The van der Waals surface area contributed by atoms with Gasteiger partial charge in [0.1, 0.15) is 0 Å². The average molecular weight is 420 g/mol. The Hall–Kier alpha value is -2.55. The number of carbonyl (C=O) groups excluding carboxylic acids is 1. The van der Waals surface area contributed by atoms with E-state index in [-0.39, 0.29) is 17.3 Å². The van der Waals surface area contributed by atoms with Crippen molar-refractivity contribution in [3.8, 4) is 0 Å². The minimum Gasteiger partial charge on any atom is -0.402 e. The van der Waals surface area contributed by atoms with Crippen LogP contribution in [0.4, 0.5) is 5.69 Å². The molecule has 0 radical (unpaired) electrons. The highest BCUT2D eigenvalue weighted by Gasteiger charge is 2.25. The van der Waals surface area contributed by atoms with Gasteiger partial charge in [0.2, 0.25) is 5.90 Å². The molecule has 2 aromatic carbocycles. The van der Waals surface area contributed by atoms with Gasteiger partial charge in [-0.2, -0.15) is 0 Å². The molecule has 7 heteroatoms. The molecule has 0 aliphatic carbocycles. The standard InChI is InChI=1S/C16H9IN2O4/c17-12-6-3-5-11(8-12)15-18-13(16(20)23-15)9-10-4-1-2-7-14(10)19(21)22/h1-9H/b13-9-. The fraction of sp³-hybridized carbons (Fsp3) is 0. The van der Waals surface area contributed by atoms with Crippen LogP contribution in [0.2, 0.25) is 0 Å². The molecule has 2 aromatic rings. The zero-order valence-electron chi connectivity index (χ0n) is 11.6. The van der Waals surface area contributed by atoms with Gasteiger partial charge < -0.3 is 4.74 Å². The Labute approximate surface area is 144 Å². The number of benzene rings is 2. The van der Waals surface area contributed by atoms with Crippen molar-refractivity contribution < 1.29 is 14.5 Å². The van der Waals surface area contributed by atoms with Crippen LogP contribution in [0.1, 0.15) is 11.1 Å². The van der Waals surface area contributed by atoms with Crippen molar-refractivity contribution in [3.63, 3.8) is 0 Å². The van der Waals surface area contributed by atoms with E-state index < -0.39 is 10.9 Å². The Balaban J connectivity index is 2.01. The van der Waals surface area contributed by atoms with Crippen molar-refractivity contribution in [3.05, 3.63) is 79.0 Å². The number of cyclic esters (lactones) is 1. The molecule has 1 aliphatic heterocycles. The molecule has 23 heavy (non-hydrogen) atoms. The lowest BCUT2D eigenvalue weighted by molar-refractivity contribution is -0.385. The SMILES string of the molecule is O=C1OC(c2cccc(I)c2)=N/C1=C\c1ccccc1[N+](=O)[O-]. The van der Waals surface area contributed by atoms with Gasteiger partial charge in [-0.3, -0.25) is 10.1 Å². The first kappa shape index (κ1) is 15.3. The molecule has 0 spiro atoms. The van der Waals surface area contributed by atoms with Gasteiger partial charge in [0.15, 0.2) is 5.70 Å². The molecule has 0 aromatic heterocycles. The Morgan fingerprint density at radius 1 is 1.17 bits per heavy atom. The summed E-state index contributed by atoms with van der Waals surface area (Å²) in [6.45, 7) is 0. The zero-order valence-corrected chi connectivity index (χ0v) is 13.8. The van der Waals surface area contributed by atoms with E-state index in [2.05, 4.69) is 27.6 Å². The predicted molar refractivity (Wildman–Crippen MR) is 92.9 cm³/mol. The molecule has 1 heterocycles. The summed E-state index contributed by atoms with van der Waals surface area (Å²) in [4.78, 5) is 26.6. The number of nitro benzene ring substituents is 1. The van der Waals surface area contributed by atoms with Crippen LogP contribution in [-0.2, 0) is 9.53 Å². The topological polar surface area (TPSA) is 81.8 Å². The van der Waals surface area contributed by atoms with Gasteiger partial charge in [-0.25, -0.2) is 9.79 Å². The minimum absolute atomic E-state index is 0.0353. The summed E-state index contributed by atoms with van der Waals surface area (Å²) >= 11 is 2.15. The summed E-state index contributed by atoms with van der Waals surface area (Å²) < 4.78 is 6.14. The number of para-hydroxylation sites is 1. The third kappa shape index (κ3) is 3.29. The zero-order chi connectivity index (χ0) is 16.4. The van der Waals surface area contributed by atoms with Crippen molar-refractivity contribution in [1.29, 1.82) is 0 Å². The molecule has 0 bridgehead atoms. The van der Waals surface area contributed by atoms with E-state index in [0.29, 0.717) is 11.1 Å². The molecule has 114 valence electrons. The van der Waals surface area contributed by atoms with Crippen molar-refractivity contribution >= 4 is 46.2 Å². The molecule has 0 unspecified atom stereocenters. The van der Waals surface area contributed by atoms with Crippen LogP contribution in [0.15, 0.2) is 59.2 Å². The Bertz CT molecular complexity index is 874. The van der Waals surface area contributed by atoms with Gasteiger partial charge in [-0.1, -0.05) is 18.2 Å². The van der Waals surface area contributed by atoms with Gasteiger partial charge in [0.05, 0.1) is 10.5 Å². The van der Waals surface area contributed by atoms with Crippen LogP contribution in [-0.4, -0.2) is 16.8 Å². The summed E-state index contributed by atoms with van der Waals surface area (Å²) in [5.41, 5.74) is 0.923. The fourth-order valence-electron chi connectivity index (χ4n) is 2.08. The first-order valence-electron chi connectivity index (χ1n) is 6.56. The number of carbonyl (C=O) groups is 1. The molecule has 0 saturated carbocycles. The Morgan fingerprint density at radius 3 is 2.70 bits per heavy atom. The lowest BCUT2D eigenvalue weighted by atomic mass is 10.1. The van der Waals surface area contributed by atoms with Crippen molar-refractivity contribution in [2.45, 2.75) is 0 Å². The number of hydrogen-bond donors (Lipinski definition) is 0. The normalized spacial score (nSPS) is 15.4. The number of rotatable bonds is 3. The van der Waals surface area contributed by atoms with Crippen LogP contribution in [0, 0.1) is 13.7 Å². The smallest absolute Gasteiger partial charge is 0.363 e. The van der Waals surface area contributed by atoms with E-state index in [1.54, 1.807) is 24.3 Å². The van der Waals surface area contributed by atoms with E-state index >= 15 is 0 Å². The second-order valence-electron chi connectivity index (χ2n) is 4.66. The maximum Gasteiger partial charge on any atom is 0.363 e. The van der Waals surface area contributed by atoms with Gasteiger partial charge in [-0.15, -0.1) is 0 Å². The lowest BCUT2D eigenvalue weighted by Gasteiger charge is -1.99. The van der Waals surface area contributed by atoms with E-state index in [0.717, 1.165) is 3.57 Å². The molecule has 0 fully saturated rings. The monoisotopic (exact) mass is 420 g/mol. The largest absolute Gasteiger partial charge is 0.402 e. The van der Waals surface area contributed by atoms with Gasteiger partial charge >= 0.3 is 5.97 Å². The highest BCUT2D eigenvalue weighted by Crippen LogP contribution is 2.24. The second-order valence-corrected chi connectivity index (χ2v) is 5.91. The molecule has 0 atom stereocenters. The highest BCUT2D eigenvalue weighted by molar-refractivity contribution is 14.1. The number of esters is 1. The summed E-state index contributed by atoms with van der Waals surface area (Å²) in [5.74, 6) is -0.435. The van der Waals surface area contributed by atoms with Crippen LogP contribution in [0.25, 0.3) is 6.08 Å². The average Bonchev–Trinajstić information content (AvgIpc) is 2.89. The second kappa shape index (κ2) is 6.29. The van der Waals surface area contributed by atoms with Gasteiger partial charge in [-0.05, 0) is 52.9 Å². The molecule has 0 saturated heterocycles. The van der Waals surface area contributed by atoms with Crippen molar-refractivity contribution in [2.75, 3.05) is 0 Å². The molecule has 1 aliphatic rings. The fourth-order valence-corrected chi connectivity index (χ4v) is 2.62. The van der Waals surface area contributed by atoms with Crippen LogP contribution < -0.4 is 0 Å². The summed E-state index contributed by atoms with van der Waals surface area (Å²) in [5, 5.41) is 11.0. The van der Waals surface area contributed by atoms with E-state index in [4.69, 9.17) is 4.74 Å². The highest BCUT2D eigenvalue weighted by atomic mass is 127. The summed E-state index contributed by atoms with van der Waals surface area (Å²) in [6, 6.07) is 13.5. The number of ether oxygens (including phenoxy) is 1. The molecular weight excluding hydrogens is 411 g/mol. The Morgan fingerprint density at radius 2 is 1.96 bits per heavy atom. The molecule has 6 nitrogen and oxygen atoms in total. The maximum atomic E-state index is 12.0. The van der Waals surface area contributed by atoms with E-state index in [1.807, 2.05) is 18.2 Å². The van der Waals surface area contributed by atoms with Crippen molar-refractivity contribution in [1.82, 2.24) is 0 Å². The maximum absolute atomic E-state index is 12.0. The molecule has 0 N–H and O–H groups in total. The number of nitrogens with zero attached hydrogens (tertiary/aromatic N) is 2. The predicted octanol–water partition coefficient (Wildman–Crippen LogP) is 3.54.